The fraction of sp³-hybridized carbons (Fsp3) is 0.353. The quantitative estimate of drug-likeness (QED) is 0.712. The number of hydrogen-bond donors (Lipinski definition) is 1. The highest BCUT2D eigenvalue weighted by molar-refractivity contribution is 5.71. The molecule has 94 valence electrons. The maximum Gasteiger partial charge on any atom is 0.134 e. The number of allylic oxidation sites excluding steroid dienone is 1. The Morgan fingerprint density at radius 2 is 2.16 bits per heavy atom. The minimum atomic E-state index is 0.399. The van der Waals surface area contributed by atoms with Crippen molar-refractivity contribution in [3.63, 3.8) is 0 Å². The van der Waals surface area contributed by atoms with Gasteiger partial charge in [0.05, 0.1) is 6.04 Å². The van der Waals surface area contributed by atoms with E-state index in [2.05, 4.69) is 46.4 Å². The van der Waals surface area contributed by atoms with Gasteiger partial charge in [-0.05, 0) is 49.6 Å². The van der Waals surface area contributed by atoms with E-state index in [-0.39, 0.29) is 0 Å². The van der Waals surface area contributed by atoms with Gasteiger partial charge >= 0.3 is 0 Å². The van der Waals surface area contributed by atoms with E-state index in [1.54, 1.807) is 0 Å². The number of fused-ring (bicyclic) bond motifs is 4. The molecule has 0 amide bonds. The van der Waals surface area contributed by atoms with Crippen molar-refractivity contribution in [1.82, 2.24) is 4.98 Å². The fourth-order valence-electron chi connectivity index (χ4n) is 3.34. The summed E-state index contributed by atoms with van der Waals surface area (Å²) in [5, 5.41) is 3.65. The molecule has 1 aromatic rings. The molecule has 2 nitrogen and oxygen atoms in total. The van der Waals surface area contributed by atoms with Crippen molar-refractivity contribution in [1.29, 1.82) is 0 Å². The van der Waals surface area contributed by atoms with Crippen LogP contribution in [0, 0.1) is 24.7 Å². The van der Waals surface area contributed by atoms with E-state index in [1.807, 2.05) is 6.92 Å². The van der Waals surface area contributed by atoms with Crippen LogP contribution in [0.3, 0.4) is 0 Å². The van der Waals surface area contributed by atoms with Crippen molar-refractivity contribution >= 4 is 11.9 Å². The van der Waals surface area contributed by atoms with Crippen LogP contribution >= 0.6 is 0 Å². The van der Waals surface area contributed by atoms with Gasteiger partial charge in [0.15, 0.2) is 0 Å². The SMILES string of the molecule is Cc1ccc2c(n1)NC1C(=C2)CCC2=CC#CCC21. The summed E-state index contributed by atoms with van der Waals surface area (Å²) in [6, 6.07) is 4.65. The van der Waals surface area contributed by atoms with Gasteiger partial charge in [-0.1, -0.05) is 17.4 Å². The average molecular weight is 248 g/mol. The maximum absolute atomic E-state index is 4.63. The molecule has 1 aliphatic heterocycles. The molecule has 1 saturated carbocycles. The Kier molecular flexibility index (Phi) is 2.29. The van der Waals surface area contributed by atoms with Crippen molar-refractivity contribution in [2.75, 3.05) is 5.32 Å². The Morgan fingerprint density at radius 3 is 3.11 bits per heavy atom. The van der Waals surface area contributed by atoms with Gasteiger partial charge in [-0.2, -0.15) is 0 Å². The Morgan fingerprint density at radius 1 is 1.26 bits per heavy atom. The molecular weight excluding hydrogens is 232 g/mol. The lowest BCUT2D eigenvalue weighted by atomic mass is 9.73. The molecule has 4 rings (SSSR count). The van der Waals surface area contributed by atoms with Gasteiger partial charge in [0, 0.05) is 23.6 Å². The third-order valence-corrected chi connectivity index (χ3v) is 4.36. The summed E-state index contributed by atoms with van der Waals surface area (Å²) in [6.07, 6.45) is 7.75. The van der Waals surface area contributed by atoms with Crippen LogP contribution in [-0.2, 0) is 0 Å². The minimum Gasteiger partial charge on any atom is -0.362 e. The Balaban J connectivity index is 1.76. The first kappa shape index (κ1) is 10.9. The topological polar surface area (TPSA) is 24.9 Å². The lowest BCUT2D eigenvalue weighted by Gasteiger charge is -2.39. The third-order valence-electron chi connectivity index (χ3n) is 4.36. The van der Waals surface area contributed by atoms with Crippen molar-refractivity contribution in [2.24, 2.45) is 5.92 Å². The molecule has 0 spiro atoms. The number of hydrogen-bond acceptors (Lipinski definition) is 2. The summed E-state index contributed by atoms with van der Waals surface area (Å²) >= 11 is 0. The van der Waals surface area contributed by atoms with Gasteiger partial charge in [-0.25, -0.2) is 4.98 Å². The predicted octanol–water partition coefficient (Wildman–Crippen LogP) is 3.31. The molecule has 0 radical (unpaired) electrons. The highest BCUT2D eigenvalue weighted by Gasteiger charge is 2.35. The van der Waals surface area contributed by atoms with E-state index >= 15 is 0 Å². The second-order valence-electron chi connectivity index (χ2n) is 5.58. The van der Waals surface area contributed by atoms with Crippen LogP contribution in [0.2, 0.25) is 0 Å². The Bertz CT molecular complexity index is 670. The number of aryl methyl sites for hydroxylation is 1. The lowest BCUT2D eigenvalue weighted by molar-refractivity contribution is 0.493. The Labute approximate surface area is 113 Å². The summed E-state index contributed by atoms with van der Waals surface area (Å²) in [4.78, 5) is 4.63. The number of anilines is 1. The monoisotopic (exact) mass is 248 g/mol. The number of aromatic nitrogens is 1. The molecule has 3 aliphatic rings. The molecule has 2 heteroatoms. The number of rotatable bonds is 0. The third kappa shape index (κ3) is 1.69. The van der Waals surface area contributed by atoms with Crippen LogP contribution in [0.5, 0.6) is 0 Å². The van der Waals surface area contributed by atoms with Crippen LogP contribution in [0.4, 0.5) is 5.82 Å². The minimum absolute atomic E-state index is 0.399. The van der Waals surface area contributed by atoms with E-state index in [0.717, 1.165) is 30.8 Å². The van der Waals surface area contributed by atoms with Gasteiger partial charge in [-0.15, -0.1) is 0 Å². The van der Waals surface area contributed by atoms with E-state index in [4.69, 9.17) is 0 Å². The first-order valence-corrected chi connectivity index (χ1v) is 6.93. The zero-order chi connectivity index (χ0) is 12.8. The van der Waals surface area contributed by atoms with E-state index < -0.39 is 0 Å². The standard InChI is InChI=1S/C17H16N2/c1-11-6-7-14-10-13-9-8-12-4-2-3-5-15(12)16(13)19-17(14)18-11/h4,6-7,10,15-16H,5,8-9H2,1H3,(H,18,19). The maximum atomic E-state index is 4.63. The highest BCUT2D eigenvalue weighted by Crippen LogP contribution is 2.41. The van der Waals surface area contributed by atoms with Gasteiger partial charge in [0.2, 0.25) is 0 Å². The van der Waals surface area contributed by atoms with E-state index in [0.29, 0.717) is 12.0 Å². The largest absolute Gasteiger partial charge is 0.362 e. The zero-order valence-corrected chi connectivity index (χ0v) is 11.0. The molecule has 2 aliphatic carbocycles. The van der Waals surface area contributed by atoms with Crippen LogP contribution in [0.15, 0.2) is 29.4 Å². The normalized spacial score (nSPS) is 26.6. The number of nitrogens with one attached hydrogen (secondary N) is 1. The molecule has 2 atom stereocenters. The van der Waals surface area contributed by atoms with Crippen LogP contribution in [0.1, 0.15) is 30.5 Å². The van der Waals surface area contributed by atoms with Crippen molar-refractivity contribution < 1.29 is 0 Å². The average Bonchev–Trinajstić information content (AvgIpc) is 2.45. The zero-order valence-electron chi connectivity index (χ0n) is 11.0. The second-order valence-corrected chi connectivity index (χ2v) is 5.58. The summed E-state index contributed by atoms with van der Waals surface area (Å²) < 4.78 is 0. The molecule has 0 aromatic carbocycles. The van der Waals surface area contributed by atoms with Crippen LogP contribution < -0.4 is 5.32 Å². The molecule has 2 heterocycles. The number of pyridine rings is 1. The summed E-state index contributed by atoms with van der Waals surface area (Å²) in [6.45, 7) is 2.04. The van der Waals surface area contributed by atoms with E-state index in [1.165, 1.54) is 16.7 Å². The molecule has 0 bridgehead atoms. The van der Waals surface area contributed by atoms with Crippen LogP contribution in [0.25, 0.3) is 6.08 Å². The van der Waals surface area contributed by atoms with E-state index in [9.17, 15) is 0 Å². The summed E-state index contributed by atoms with van der Waals surface area (Å²) in [7, 11) is 0. The smallest absolute Gasteiger partial charge is 0.134 e. The van der Waals surface area contributed by atoms with Gasteiger partial charge in [0.1, 0.15) is 5.82 Å². The molecule has 2 unspecified atom stereocenters. The second kappa shape index (κ2) is 3.99. The molecular formula is C17H16N2. The first-order chi connectivity index (χ1) is 9.31. The van der Waals surface area contributed by atoms with Gasteiger partial charge in [-0.3, -0.25) is 0 Å². The Hall–Kier alpha value is -2.01. The summed E-state index contributed by atoms with van der Waals surface area (Å²) in [5.41, 5.74) is 5.33. The molecule has 1 fully saturated rings. The number of nitrogens with zero attached hydrogens (tertiary/aromatic N) is 1. The molecule has 1 aromatic heterocycles. The molecule has 0 saturated heterocycles. The summed E-state index contributed by atoms with van der Waals surface area (Å²) in [5.74, 6) is 7.95. The highest BCUT2D eigenvalue weighted by atomic mass is 15.0. The van der Waals surface area contributed by atoms with Crippen molar-refractivity contribution in [3.05, 3.63) is 40.6 Å². The first-order valence-electron chi connectivity index (χ1n) is 6.93. The molecule has 19 heavy (non-hydrogen) atoms. The molecule has 1 N–H and O–H groups in total. The van der Waals surface area contributed by atoms with Crippen molar-refractivity contribution in [2.45, 2.75) is 32.2 Å². The lowest BCUT2D eigenvalue weighted by Crippen LogP contribution is -2.38. The van der Waals surface area contributed by atoms with Gasteiger partial charge < -0.3 is 5.32 Å². The van der Waals surface area contributed by atoms with Crippen LogP contribution in [-0.4, -0.2) is 11.0 Å². The van der Waals surface area contributed by atoms with Crippen molar-refractivity contribution in [3.8, 4) is 11.8 Å². The van der Waals surface area contributed by atoms with Gasteiger partial charge in [0.25, 0.3) is 0 Å². The fourth-order valence-corrected chi connectivity index (χ4v) is 3.34. The predicted molar refractivity (Wildman–Crippen MR) is 77.6 cm³/mol.